The van der Waals surface area contributed by atoms with Crippen molar-refractivity contribution in [2.24, 2.45) is 4.99 Å². The van der Waals surface area contributed by atoms with Crippen molar-refractivity contribution >= 4 is 39.3 Å². The molecule has 0 saturated carbocycles. The van der Waals surface area contributed by atoms with Crippen molar-refractivity contribution < 1.29 is 28.8 Å². The van der Waals surface area contributed by atoms with Gasteiger partial charge in [0.05, 0.1) is 53.2 Å². The normalized spacial score (nSPS) is 15.0. The summed E-state index contributed by atoms with van der Waals surface area (Å²) in [4.78, 5) is 32.1. The third-order valence-corrected chi connectivity index (χ3v) is 7.56. The molecule has 0 fully saturated rings. The zero-order chi connectivity index (χ0) is 28.3. The molecule has 206 valence electrons. The highest BCUT2D eigenvalue weighted by Crippen LogP contribution is 2.37. The van der Waals surface area contributed by atoms with E-state index in [1.165, 1.54) is 23.0 Å². The van der Waals surface area contributed by atoms with Crippen molar-refractivity contribution in [2.75, 3.05) is 26.9 Å². The van der Waals surface area contributed by atoms with Gasteiger partial charge in [0.15, 0.2) is 27.8 Å². The molecule has 39 heavy (non-hydrogen) atoms. The Balaban J connectivity index is 1.96. The lowest BCUT2D eigenvalue weighted by Gasteiger charge is -2.25. The van der Waals surface area contributed by atoms with E-state index in [0.717, 1.165) is 0 Å². The number of hydrogen-bond acceptors (Lipinski definition) is 9. The van der Waals surface area contributed by atoms with E-state index in [0.29, 0.717) is 55.3 Å². The lowest BCUT2D eigenvalue weighted by atomic mass is 9.95. The van der Waals surface area contributed by atoms with Gasteiger partial charge in [-0.1, -0.05) is 17.4 Å². The van der Waals surface area contributed by atoms with Crippen LogP contribution in [0.3, 0.4) is 0 Å². The van der Waals surface area contributed by atoms with Crippen molar-refractivity contribution in [3.8, 4) is 23.0 Å². The molecular formula is C28H29BrN2O7S. The number of aromatic nitrogens is 1. The lowest BCUT2D eigenvalue weighted by Crippen LogP contribution is -2.40. The van der Waals surface area contributed by atoms with Gasteiger partial charge in [-0.05, 0) is 85.1 Å². The van der Waals surface area contributed by atoms with Crippen molar-refractivity contribution in [3.05, 3.63) is 76.9 Å². The van der Waals surface area contributed by atoms with Gasteiger partial charge >= 0.3 is 5.97 Å². The molecule has 9 nitrogen and oxygen atoms in total. The number of ether oxygens (including phenoxy) is 4. The van der Waals surface area contributed by atoms with Crippen LogP contribution >= 0.6 is 27.3 Å². The first kappa shape index (κ1) is 28.4. The number of nitrogens with zero attached hydrogens (tertiary/aromatic N) is 2. The number of thiazole rings is 1. The largest absolute Gasteiger partial charge is 0.503 e. The summed E-state index contributed by atoms with van der Waals surface area (Å²) in [6.45, 7) is 8.27. The molecule has 0 bridgehead atoms. The van der Waals surface area contributed by atoms with E-state index in [1.54, 1.807) is 44.2 Å². The molecule has 4 rings (SSSR count). The van der Waals surface area contributed by atoms with E-state index in [1.807, 2.05) is 19.9 Å². The number of fused-ring (bicyclic) bond motifs is 1. The first-order chi connectivity index (χ1) is 18.7. The number of methoxy groups -OCH3 is 1. The molecule has 0 unspecified atom stereocenters. The fraction of sp³-hybridized carbons (Fsp3) is 0.321. The molecule has 2 aromatic carbocycles. The van der Waals surface area contributed by atoms with Crippen LogP contribution in [0.2, 0.25) is 0 Å². The molecule has 1 aliphatic heterocycles. The fourth-order valence-electron chi connectivity index (χ4n) is 4.33. The number of aromatic hydroxyl groups is 1. The summed E-state index contributed by atoms with van der Waals surface area (Å²) in [5.41, 5.74) is 1.71. The van der Waals surface area contributed by atoms with E-state index in [2.05, 4.69) is 20.9 Å². The van der Waals surface area contributed by atoms with Gasteiger partial charge in [0, 0.05) is 0 Å². The number of phenolic OH excluding ortho intramolecular Hbond substituents is 1. The predicted molar refractivity (Wildman–Crippen MR) is 152 cm³/mol. The van der Waals surface area contributed by atoms with Crippen LogP contribution in [0.1, 0.15) is 44.9 Å². The highest BCUT2D eigenvalue weighted by atomic mass is 79.9. The van der Waals surface area contributed by atoms with Crippen molar-refractivity contribution in [3.63, 3.8) is 0 Å². The van der Waals surface area contributed by atoms with Crippen LogP contribution in [0.15, 0.2) is 55.9 Å². The zero-order valence-corrected chi connectivity index (χ0v) is 24.6. The average Bonchev–Trinajstić information content (AvgIpc) is 3.20. The Bertz CT molecular complexity index is 1620. The maximum atomic E-state index is 13.9. The molecule has 11 heteroatoms. The Morgan fingerprint density at radius 3 is 2.49 bits per heavy atom. The summed E-state index contributed by atoms with van der Waals surface area (Å²) in [6, 6.07) is 7.90. The molecule has 2 heterocycles. The summed E-state index contributed by atoms with van der Waals surface area (Å²) in [7, 11) is 1.45. The molecule has 0 amide bonds. The average molecular weight is 618 g/mol. The smallest absolute Gasteiger partial charge is 0.338 e. The van der Waals surface area contributed by atoms with Crippen LogP contribution in [-0.4, -0.2) is 42.6 Å². The SMILES string of the molecule is CCOC(=O)C1=C(C)N=c2s/c(=C\c3cc(Br)c(O)c(OC)c3)c(=O)n2[C@@H]1c1ccc(OCC)c(OCC)c1. The standard InChI is InChI=1S/C28H29BrN2O7S/c1-6-36-19-10-9-17(14-20(19)37-7-2)24-23(27(34)38-8-3)15(4)30-28-31(24)26(33)22(39-28)13-16-11-18(29)25(32)21(12-16)35-5/h9-14,24,32H,6-8H2,1-5H3/b22-13-/t24-/m1/s1. The van der Waals surface area contributed by atoms with E-state index in [9.17, 15) is 14.7 Å². The number of allylic oxidation sites excluding steroid dienone is 1. The Hall–Kier alpha value is -3.57. The van der Waals surface area contributed by atoms with Gasteiger partial charge in [0.2, 0.25) is 0 Å². The Morgan fingerprint density at radius 2 is 1.82 bits per heavy atom. The van der Waals surface area contributed by atoms with E-state index in [4.69, 9.17) is 18.9 Å². The number of halogens is 1. The highest BCUT2D eigenvalue weighted by molar-refractivity contribution is 9.10. The molecule has 0 saturated heterocycles. The van der Waals surface area contributed by atoms with E-state index < -0.39 is 12.0 Å². The Morgan fingerprint density at radius 1 is 1.10 bits per heavy atom. The maximum absolute atomic E-state index is 13.9. The van der Waals surface area contributed by atoms with E-state index in [-0.39, 0.29) is 29.2 Å². The first-order valence-electron chi connectivity index (χ1n) is 12.4. The monoisotopic (exact) mass is 616 g/mol. The van der Waals surface area contributed by atoms with Gasteiger partial charge in [-0.25, -0.2) is 9.79 Å². The third kappa shape index (κ3) is 5.60. The summed E-state index contributed by atoms with van der Waals surface area (Å²) >= 11 is 4.52. The van der Waals surface area contributed by atoms with Crippen LogP contribution in [-0.2, 0) is 9.53 Å². The van der Waals surface area contributed by atoms with E-state index >= 15 is 0 Å². The molecule has 0 aliphatic carbocycles. The number of benzene rings is 2. The second-order valence-corrected chi connectivity index (χ2v) is 10.3. The number of rotatable bonds is 9. The number of hydrogen-bond donors (Lipinski definition) is 1. The molecule has 1 aliphatic rings. The van der Waals surface area contributed by atoms with Crippen molar-refractivity contribution in [1.82, 2.24) is 4.57 Å². The van der Waals surface area contributed by atoms with Crippen LogP contribution in [0.25, 0.3) is 6.08 Å². The quantitative estimate of drug-likeness (QED) is 0.361. The van der Waals surface area contributed by atoms with Crippen LogP contribution in [0.4, 0.5) is 0 Å². The molecule has 1 N–H and O–H groups in total. The third-order valence-electron chi connectivity index (χ3n) is 5.97. The van der Waals surface area contributed by atoms with Gasteiger partial charge in [-0.2, -0.15) is 0 Å². The van der Waals surface area contributed by atoms with Gasteiger partial charge in [-0.15, -0.1) is 0 Å². The summed E-state index contributed by atoms with van der Waals surface area (Å²) < 4.78 is 24.5. The molecule has 1 atom stereocenters. The minimum atomic E-state index is -0.793. The van der Waals surface area contributed by atoms with Gasteiger partial charge in [0.1, 0.15) is 0 Å². The second-order valence-electron chi connectivity index (χ2n) is 8.43. The zero-order valence-electron chi connectivity index (χ0n) is 22.2. The predicted octanol–water partition coefficient (Wildman–Crippen LogP) is 4.07. The highest BCUT2D eigenvalue weighted by Gasteiger charge is 2.34. The maximum Gasteiger partial charge on any atom is 0.338 e. The van der Waals surface area contributed by atoms with Crippen molar-refractivity contribution in [1.29, 1.82) is 0 Å². The minimum Gasteiger partial charge on any atom is -0.503 e. The molecule has 0 radical (unpaired) electrons. The molecule has 0 spiro atoms. The Labute approximate surface area is 237 Å². The fourth-order valence-corrected chi connectivity index (χ4v) is 5.84. The lowest BCUT2D eigenvalue weighted by molar-refractivity contribution is -0.139. The van der Waals surface area contributed by atoms with Crippen LogP contribution in [0, 0.1) is 0 Å². The van der Waals surface area contributed by atoms with Gasteiger partial charge in [0.25, 0.3) is 5.56 Å². The van der Waals surface area contributed by atoms with Gasteiger partial charge < -0.3 is 24.1 Å². The Kier molecular flexibility index (Phi) is 8.81. The topological polar surface area (TPSA) is 109 Å². The van der Waals surface area contributed by atoms with Crippen LogP contribution < -0.4 is 29.1 Å². The number of esters is 1. The molecule has 3 aromatic rings. The van der Waals surface area contributed by atoms with Crippen LogP contribution in [0.5, 0.6) is 23.0 Å². The first-order valence-corrected chi connectivity index (χ1v) is 14.0. The number of carbonyl (C=O) groups is 1. The summed E-state index contributed by atoms with van der Waals surface area (Å²) in [5, 5.41) is 10.2. The second kappa shape index (κ2) is 12.1. The van der Waals surface area contributed by atoms with Gasteiger partial charge in [-0.3, -0.25) is 9.36 Å². The molecular weight excluding hydrogens is 588 g/mol. The summed E-state index contributed by atoms with van der Waals surface area (Å²) in [5.74, 6) is 0.765. The number of phenols is 1. The summed E-state index contributed by atoms with van der Waals surface area (Å²) in [6.07, 6.45) is 1.70. The molecule has 1 aromatic heterocycles. The van der Waals surface area contributed by atoms with Crippen molar-refractivity contribution in [2.45, 2.75) is 33.7 Å². The number of carbonyl (C=O) groups excluding carboxylic acids is 1. The minimum absolute atomic E-state index is 0.0357.